The predicted molar refractivity (Wildman–Crippen MR) is 168 cm³/mol. The van der Waals surface area contributed by atoms with E-state index in [1.165, 1.54) is 22.3 Å². The van der Waals surface area contributed by atoms with Crippen LogP contribution in [-0.4, -0.2) is 23.9 Å². The number of benzene rings is 2. The van der Waals surface area contributed by atoms with Crippen LogP contribution in [0.25, 0.3) is 0 Å². The smallest absolute Gasteiger partial charge is 0.149 e. The molecule has 0 spiro atoms. The van der Waals surface area contributed by atoms with Gasteiger partial charge >= 0.3 is 0 Å². The Kier molecular flexibility index (Phi) is 15.8. The summed E-state index contributed by atoms with van der Waals surface area (Å²) in [6.45, 7) is 14.3. The zero-order valence-electron chi connectivity index (χ0n) is 25.7. The van der Waals surface area contributed by atoms with E-state index in [1.54, 1.807) is 6.92 Å². The summed E-state index contributed by atoms with van der Waals surface area (Å²) >= 11 is 0. The fraction of sp³-hybridized carbons (Fsp3) is 0.571. The van der Waals surface area contributed by atoms with Crippen molar-refractivity contribution < 1.29 is 17.2 Å². The van der Waals surface area contributed by atoms with E-state index in [0.717, 1.165) is 56.9 Å². The first kappa shape index (κ1) is 34.4. The minimum atomic E-state index is -0.210. The molecule has 3 rings (SSSR count). The van der Waals surface area contributed by atoms with Crippen molar-refractivity contribution in [1.29, 1.82) is 0 Å². The fourth-order valence-corrected chi connectivity index (χ4v) is 5.58. The Morgan fingerprint density at radius 3 is 2.05 bits per heavy atom. The summed E-state index contributed by atoms with van der Waals surface area (Å²) in [7, 11) is 0. The van der Waals surface area contributed by atoms with Crippen molar-refractivity contribution >= 4 is 17.3 Å². The van der Waals surface area contributed by atoms with Gasteiger partial charge in [-0.2, -0.15) is 0 Å². The lowest BCUT2D eigenvalue weighted by molar-refractivity contribution is -0.134. The zero-order chi connectivity index (χ0) is 29.4. The van der Waals surface area contributed by atoms with Crippen molar-refractivity contribution in [3.63, 3.8) is 0 Å². The van der Waals surface area contributed by atoms with Gasteiger partial charge in [0.2, 0.25) is 0 Å². The Labute approximate surface area is 241 Å². The Morgan fingerprint density at radius 2 is 1.54 bits per heavy atom. The van der Waals surface area contributed by atoms with E-state index in [-0.39, 0.29) is 32.3 Å². The third-order valence-corrected chi connectivity index (χ3v) is 8.14. The topological polar surface area (TPSA) is 77.2 Å². The van der Waals surface area contributed by atoms with E-state index in [0.29, 0.717) is 18.6 Å². The minimum absolute atomic E-state index is 0. The van der Waals surface area contributed by atoms with Gasteiger partial charge in [0.05, 0.1) is 6.54 Å². The third kappa shape index (κ3) is 10.8. The maximum absolute atomic E-state index is 13.1. The lowest BCUT2D eigenvalue weighted by Crippen LogP contribution is -2.38. The number of carbonyl (C=O) groups is 3. The van der Waals surface area contributed by atoms with Crippen LogP contribution >= 0.6 is 0 Å². The van der Waals surface area contributed by atoms with Gasteiger partial charge < -0.3 is 5.73 Å². The summed E-state index contributed by atoms with van der Waals surface area (Å²) in [5.41, 5.74) is 11.6. The average Bonchev–Trinajstić information content (AvgIpc) is 2.95. The first-order chi connectivity index (χ1) is 18.7. The molecule has 4 nitrogen and oxygen atoms in total. The summed E-state index contributed by atoms with van der Waals surface area (Å²) in [6.07, 6.45) is 8.36. The molecule has 0 heterocycles. The van der Waals surface area contributed by atoms with Crippen LogP contribution in [0.5, 0.6) is 0 Å². The van der Waals surface area contributed by atoms with E-state index < -0.39 is 0 Å². The quantitative estimate of drug-likeness (QED) is 0.312. The van der Waals surface area contributed by atoms with Gasteiger partial charge in [-0.15, -0.1) is 0 Å². The number of aryl methyl sites for hydroxylation is 3. The van der Waals surface area contributed by atoms with Crippen LogP contribution in [0.3, 0.4) is 0 Å². The molecule has 0 unspecified atom stereocenters. The predicted octanol–water partition coefficient (Wildman–Crippen LogP) is 8.21. The van der Waals surface area contributed by atoms with Crippen molar-refractivity contribution in [3.8, 4) is 0 Å². The summed E-state index contributed by atoms with van der Waals surface area (Å²) in [5, 5.41) is 0. The molecular weight excluding hydrogens is 482 g/mol. The first-order valence-electron chi connectivity index (χ1n) is 15.0. The molecule has 2 N–H and O–H groups in total. The van der Waals surface area contributed by atoms with Gasteiger partial charge in [-0.05, 0) is 93.5 Å². The molecule has 1 fully saturated rings. The molecule has 4 heteroatoms. The standard InChI is InChI=1S/C22H33NO2.C11H14O.C2H6.2H2/c1-4-12-22(13-10-19(11-14-22)20(24)15-23)21(25)9-8-18-7-5-6-16(2)17(18)3;1-3-10-4-6-11(7-5-10)8-9(2)12;1-2;;/h5-7,19H,4,8-15,23H2,1-3H3;4-7H,3,8H2,1-2H3;1-2H3;2*1H. The van der Waals surface area contributed by atoms with Gasteiger partial charge in [0.1, 0.15) is 17.3 Å². The molecule has 0 radical (unpaired) electrons. The molecule has 0 amide bonds. The maximum atomic E-state index is 13.1. The molecule has 2 aromatic carbocycles. The summed E-state index contributed by atoms with van der Waals surface area (Å²) in [4.78, 5) is 35.8. The highest BCUT2D eigenvalue weighted by molar-refractivity contribution is 5.86. The lowest BCUT2D eigenvalue weighted by atomic mass is 9.64. The van der Waals surface area contributed by atoms with Crippen molar-refractivity contribution in [3.05, 3.63) is 70.3 Å². The van der Waals surface area contributed by atoms with E-state index in [4.69, 9.17) is 5.73 Å². The summed E-state index contributed by atoms with van der Waals surface area (Å²) in [5.74, 6) is 0.850. The van der Waals surface area contributed by atoms with Crippen molar-refractivity contribution in [2.45, 2.75) is 113 Å². The molecule has 0 atom stereocenters. The fourth-order valence-electron chi connectivity index (χ4n) is 5.58. The van der Waals surface area contributed by atoms with Crippen LogP contribution < -0.4 is 5.73 Å². The highest BCUT2D eigenvalue weighted by Crippen LogP contribution is 2.44. The second-order valence-electron chi connectivity index (χ2n) is 10.8. The Morgan fingerprint density at radius 1 is 0.949 bits per heavy atom. The van der Waals surface area contributed by atoms with Gasteiger partial charge in [-0.3, -0.25) is 14.4 Å². The lowest BCUT2D eigenvalue weighted by Gasteiger charge is -2.38. The molecule has 2 aromatic rings. The van der Waals surface area contributed by atoms with Gasteiger partial charge in [0.25, 0.3) is 0 Å². The first-order valence-corrected chi connectivity index (χ1v) is 15.0. The largest absolute Gasteiger partial charge is 0.324 e. The van der Waals surface area contributed by atoms with Crippen molar-refractivity contribution in [2.75, 3.05) is 6.54 Å². The highest BCUT2D eigenvalue weighted by atomic mass is 16.1. The molecule has 0 aromatic heterocycles. The second kappa shape index (κ2) is 17.9. The maximum Gasteiger partial charge on any atom is 0.149 e. The third-order valence-electron chi connectivity index (χ3n) is 8.14. The number of nitrogens with two attached hydrogens (primary N) is 1. The summed E-state index contributed by atoms with van der Waals surface area (Å²) < 4.78 is 0. The Balaban J connectivity index is 0. The SMILES string of the molecule is CC.CCCC1(C(=O)CCc2cccc(C)c2C)CCC(C(=O)CN)CC1.CCc1ccc(CC(C)=O)cc1.[HH].[HH]. The second-order valence-corrected chi connectivity index (χ2v) is 10.8. The van der Waals surface area contributed by atoms with E-state index in [9.17, 15) is 14.4 Å². The molecule has 220 valence electrons. The number of carbonyl (C=O) groups excluding carboxylic acids is 3. The molecule has 1 aliphatic carbocycles. The molecule has 39 heavy (non-hydrogen) atoms. The van der Waals surface area contributed by atoms with Crippen LogP contribution in [0.4, 0.5) is 0 Å². The monoisotopic (exact) mass is 539 g/mol. The highest BCUT2D eigenvalue weighted by Gasteiger charge is 2.41. The van der Waals surface area contributed by atoms with E-state index >= 15 is 0 Å². The molecule has 0 aliphatic heterocycles. The van der Waals surface area contributed by atoms with Gasteiger partial charge in [-0.25, -0.2) is 0 Å². The summed E-state index contributed by atoms with van der Waals surface area (Å²) in [6, 6.07) is 14.6. The van der Waals surface area contributed by atoms with Gasteiger partial charge in [-0.1, -0.05) is 76.6 Å². The van der Waals surface area contributed by atoms with Crippen molar-refractivity contribution in [1.82, 2.24) is 0 Å². The van der Waals surface area contributed by atoms with E-state index in [1.807, 2.05) is 26.0 Å². The Bertz CT molecular complexity index is 1040. The Hall–Kier alpha value is -2.59. The number of Topliss-reactive ketones (excluding diaryl/α,β-unsaturated/α-hetero) is 3. The molecular formula is C35H57NO3. The van der Waals surface area contributed by atoms with Crippen LogP contribution in [0, 0.1) is 25.2 Å². The van der Waals surface area contributed by atoms with Crippen LogP contribution in [0.2, 0.25) is 0 Å². The number of hydrogen-bond acceptors (Lipinski definition) is 4. The minimum Gasteiger partial charge on any atom is -0.324 e. The normalized spacial score (nSPS) is 18.2. The van der Waals surface area contributed by atoms with Crippen LogP contribution in [0.15, 0.2) is 42.5 Å². The number of ketones is 3. The molecule has 0 saturated heterocycles. The number of rotatable bonds is 11. The van der Waals surface area contributed by atoms with Crippen LogP contribution in [-0.2, 0) is 33.6 Å². The average molecular weight is 540 g/mol. The molecule has 0 bridgehead atoms. The molecule has 1 aliphatic rings. The number of hydrogen-bond donors (Lipinski definition) is 1. The van der Waals surface area contributed by atoms with Crippen molar-refractivity contribution in [2.24, 2.45) is 17.1 Å². The van der Waals surface area contributed by atoms with E-state index in [2.05, 4.69) is 58.0 Å². The van der Waals surface area contributed by atoms with Crippen LogP contribution in [0.1, 0.15) is 110 Å². The van der Waals surface area contributed by atoms with Gasteiger partial charge in [0, 0.05) is 27.0 Å². The molecule has 1 saturated carbocycles. The zero-order valence-corrected chi connectivity index (χ0v) is 25.7. The van der Waals surface area contributed by atoms with Gasteiger partial charge in [0.15, 0.2) is 0 Å².